The fraction of sp³-hybridized carbons (Fsp3) is 0.0667. The van der Waals surface area contributed by atoms with Crippen molar-refractivity contribution < 1.29 is 18.3 Å². The molecule has 23 heavy (non-hydrogen) atoms. The van der Waals surface area contributed by atoms with Gasteiger partial charge in [-0.05, 0) is 29.6 Å². The van der Waals surface area contributed by atoms with Crippen LogP contribution in [0.1, 0.15) is 10.5 Å². The topological polar surface area (TPSA) is 67.0 Å². The molecule has 118 valence electrons. The summed E-state index contributed by atoms with van der Waals surface area (Å²) in [6.07, 6.45) is 0. The van der Waals surface area contributed by atoms with Crippen LogP contribution < -0.4 is 10.1 Å². The molecule has 2 N–H and O–H groups in total. The quantitative estimate of drug-likeness (QED) is 0.741. The van der Waals surface area contributed by atoms with Crippen LogP contribution in [0.4, 0.5) is 14.5 Å². The molecule has 5 nitrogen and oxygen atoms in total. The SMILES string of the molecule is O=C(Nc1cccc(OC(F)F)c1)c1cc(-c2cccs2)[nH]n1. The number of halogens is 2. The van der Waals surface area contributed by atoms with Crippen LogP contribution in [-0.4, -0.2) is 22.7 Å². The Bertz CT molecular complexity index is 803. The number of carbonyl (C=O) groups is 1. The lowest BCUT2D eigenvalue weighted by molar-refractivity contribution is -0.0497. The molecule has 0 bridgehead atoms. The van der Waals surface area contributed by atoms with Crippen molar-refractivity contribution in [3.05, 3.63) is 53.5 Å². The van der Waals surface area contributed by atoms with Gasteiger partial charge in [-0.2, -0.15) is 13.9 Å². The molecule has 3 aromatic rings. The molecule has 0 aliphatic heterocycles. The Hall–Kier alpha value is -2.74. The van der Waals surface area contributed by atoms with Crippen molar-refractivity contribution in [1.29, 1.82) is 0 Å². The van der Waals surface area contributed by atoms with Crippen LogP contribution in [0.15, 0.2) is 47.8 Å². The summed E-state index contributed by atoms with van der Waals surface area (Å²) in [4.78, 5) is 13.1. The van der Waals surface area contributed by atoms with Gasteiger partial charge in [0, 0.05) is 11.8 Å². The van der Waals surface area contributed by atoms with Crippen LogP contribution in [0.5, 0.6) is 5.75 Å². The fourth-order valence-corrected chi connectivity index (χ4v) is 2.63. The minimum atomic E-state index is -2.92. The highest BCUT2D eigenvalue weighted by Crippen LogP contribution is 2.24. The van der Waals surface area contributed by atoms with Gasteiger partial charge in [-0.1, -0.05) is 12.1 Å². The standard InChI is InChI=1S/C15H11F2N3O2S/c16-15(17)22-10-4-1-3-9(7-10)18-14(21)12-8-11(19-20-12)13-5-2-6-23-13/h1-8,15H,(H,18,21)(H,19,20). The molecule has 8 heteroatoms. The molecule has 2 aromatic heterocycles. The molecule has 0 atom stereocenters. The summed E-state index contributed by atoms with van der Waals surface area (Å²) in [7, 11) is 0. The van der Waals surface area contributed by atoms with E-state index in [1.165, 1.54) is 29.5 Å². The number of benzene rings is 1. The first kappa shape index (κ1) is 15.2. The van der Waals surface area contributed by atoms with Gasteiger partial charge in [-0.25, -0.2) is 0 Å². The third-order valence-electron chi connectivity index (χ3n) is 2.91. The van der Waals surface area contributed by atoms with Crippen molar-refractivity contribution in [2.45, 2.75) is 6.61 Å². The molecule has 0 radical (unpaired) electrons. The van der Waals surface area contributed by atoms with Gasteiger partial charge in [0.25, 0.3) is 5.91 Å². The highest BCUT2D eigenvalue weighted by Gasteiger charge is 2.13. The molecule has 1 amide bonds. The lowest BCUT2D eigenvalue weighted by Gasteiger charge is -2.07. The number of hydrogen-bond acceptors (Lipinski definition) is 4. The number of hydrogen-bond donors (Lipinski definition) is 2. The van der Waals surface area contributed by atoms with Crippen LogP contribution in [0.2, 0.25) is 0 Å². The zero-order valence-corrected chi connectivity index (χ0v) is 12.4. The molecule has 0 aliphatic carbocycles. The second-order valence-electron chi connectivity index (χ2n) is 4.50. The number of H-pyrrole nitrogens is 1. The largest absolute Gasteiger partial charge is 0.435 e. The highest BCUT2D eigenvalue weighted by atomic mass is 32.1. The van der Waals surface area contributed by atoms with Gasteiger partial charge >= 0.3 is 6.61 Å². The smallest absolute Gasteiger partial charge is 0.387 e. The molecule has 3 rings (SSSR count). The number of nitrogens with one attached hydrogen (secondary N) is 2. The second kappa shape index (κ2) is 6.57. The minimum absolute atomic E-state index is 0.0286. The Labute approximate surface area is 133 Å². The Morgan fingerprint density at radius 1 is 1.26 bits per heavy atom. The normalized spacial score (nSPS) is 10.7. The number of aromatic amines is 1. The summed E-state index contributed by atoms with van der Waals surface area (Å²) >= 11 is 1.52. The lowest BCUT2D eigenvalue weighted by Crippen LogP contribution is -2.12. The summed E-state index contributed by atoms with van der Waals surface area (Å²) < 4.78 is 28.7. The van der Waals surface area contributed by atoms with Crippen LogP contribution in [0, 0.1) is 0 Å². The predicted octanol–water partition coefficient (Wildman–Crippen LogP) is 3.99. The maximum absolute atomic E-state index is 12.2. The van der Waals surface area contributed by atoms with E-state index in [-0.39, 0.29) is 11.4 Å². The van der Waals surface area contributed by atoms with E-state index in [0.717, 1.165) is 10.6 Å². The van der Waals surface area contributed by atoms with Gasteiger partial charge in [0.15, 0.2) is 5.69 Å². The van der Waals surface area contributed by atoms with E-state index >= 15 is 0 Å². The van der Waals surface area contributed by atoms with Gasteiger partial charge in [0.1, 0.15) is 5.75 Å². The van der Waals surface area contributed by atoms with E-state index < -0.39 is 12.5 Å². The first-order valence-electron chi connectivity index (χ1n) is 6.57. The molecular weight excluding hydrogens is 324 g/mol. The number of carbonyl (C=O) groups excluding carboxylic acids is 1. The number of aromatic nitrogens is 2. The first-order chi connectivity index (χ1) is 11.1. The summed E-state index contributed by atoms with van der Waals surface area (Å²) in [5.41, 5.74) is 1.28. The van der Waals surface area contributed by atoms with Gasteiger partial charge in [-0.15, -0.1) is 11.3 Å². The molecule has 0 saturated carbocycles. The molecule has 0 fully saturated rings. The Morgan fingerprint density at radius 2 is 2.13 bits per heavy atom. The number of amides is 1. The number of ether oxygens (including phenoxy) is 1. The molecule has 0 unspecified atom stereocenters. The number of rotatable bonds is 5. The van der Waals surface area contributed by atoms with Gasteiger partial charge in [0.2, 0.25) is 0 Å². The third kappa shape index (κ3) is 3.72. The maximum atomic E-state index is 12.2. The lowest BCUT2D eigenvalue weighted by atomic mass is 10.2. The zero-order valence-electron chi connectivity index (χ0n) is 11.6. The fourth-order valence-electron chi connectivity index (χ4n) is 1.94. The van der Waals surface area contributed by atoms with Crippen LogP contribution in [0.3, 0.4) is 0 Å². The van der Waals surface area contributed by atoms with Crippen LogP contribution in [-0.2, 0) is 0 Å². The molecule has 1 aromatic carbocycles. The molecule has 0 spiro atoms. The maximum Gasteiger partial charge on any atom is 0.387 e. The summed E-state index contributed by atoms with van der Waals surface area (Å²) in [5, 5.41) is 11.3. The zero-order chi connectivity index (χ0) is 16.2. The van der Waals surface area contributed by atoms with Gasteiger partial charge < -0.3 is 10.1 Å². The number of anilines is 1. The van der Waals surface area contributed by atoms with E-state index in [0.29, 0.717) is 5.69 Å². The molecular formula is C15H11F2N3O2S. The van der Waals surface area contributed by atoms with Crippen LogP contribution >= 0.6 is 11.3 Å². The van der Waals surface area contributed by atoms with Crippen molar-refractivity contribution in [2.24, 2.45) is 0 Å². The van der Waals surface area contributed by atoms with Crippen molar-refractivity contribution in [3.8, 4) is 16.3 Å². The molecule has 0 aliphatic rings. The van der Waals surface area contributed by atoms with Crippen molar-refractivity contribution in [1.82, 2.24) is 10.2 Å². The summed E-state index contributed by atoms with van der Waals surface area (Å²) in [6, 6.07) is 11.2. The van der Waals surface area contributed by atoms with Gasteiger partial charge in [-0.3, -0.25) is 9.89 Å². The van der Waals surface area contributed by atoms with E-state index in [2.05, 4.69) is 20.3 Å². The predicted molar refractivity (Wildman–Crippen MR) is 82.9 cm³/mol. The van der Waals surface area contributed by atoms with Crippen LogP contribution in [0.25, 0.3) is 10.6 Å². The molecule has 2 heterocycles. The second-order valence-corrected chi connectivity index (χ2v) is 5.45. The van der Waals surface area contributed by atoms with E-state index in [4.69, 9.17) is 0 Å². The average Bonchev–Trinajstić information content (AvgIpc) is 3.18. The van der Waals surface area contributed by atoms with Crippen molar-refractivity contribution >= 4 is 22.9 Å². The van der Waals surface area contributed by atoms with E-state index in [9.17, 15) is 13.6 Å². The van der Waals surface area contributed by atoms with Crippen molar-refractivity contribution in [2.75, 3.05) is 5.32 Å². The monoisotopic (exact) mass is 335 g/mol. The Kier molecular flexibility index (Phi) is 4.33. The van der Waals surface area contributed by atoms with E-state index in [1.807, 2.05) is 17.5 Å². The average molecular weight is 335 g/mol. The summed E-state index contributed by atoms with van der Waals surface area (Å²) in [5.74, 6) is -0.475. The van der Waals surface area contributed by atoms with E-state index in [1.54, 1.807) is 12.1 Å². The molecule has 0 saturated heterocycles. The highest BCUT2D eigenvalue weighted by molar-refractivity contribution is 7.13. The Balaban J connectivity index is 1.72. The van der Waals surface area contributed by atoms with Crippen molar-refractivity contribution in [3.63, 3.8) is 0 Å². The number of alkyl halides is 2. The first-order valence-corrected chi connectivity index (χ1v) is 7.45. The Morgan fingerprint density at radius 3 is 2.87 bits per heavy atom. The third-order valence-corrected chi connectivity index (χ3v) is 3.82. The summed E-state index contributed by atoms with van der Waals surface area (Å²) in [6.45, 7) is -2.92. The minimum Gasteiger partial charge on any atom is -0.435 e. The number of thiophene rings is 1. The number of nitrogens with zero attached hydrogens (tertiary/aromatic N) is 1. The van der Waals surface area contributed by atoms with Gasteiger partial charge in [0.05, 0.1) is 10.6 Å².